The third kappa shape index (κ3) is 5.82. The summed E-state index contributed by atoms with van der Waals surface area (Å²) in [6, 6.07) is 30.5. The molecule has 206 valence electrons. The number of carbonyl (C=O) groups excluding carboxylic acids is 1. The average Bonchev–Trinajstić information content (AvgIpc) is 3.45. The Balaban J connectivity index is 1.41. The van der Waals surface area contributed by atoms with E-state index in [1.807, 2.05) is 42.5 Å². The number of fused-ring (bicyclic) bond motifs is 1. The molecule has 0 bridgehead atoms. The molecule has 1 heterocycles. The predicted molar refractivity (Wildman–Crippen MR) is 155 cm³/mol. The van der Waals surface area contributed by atoms with Crippen LogP contribution in [0.3, 0.4) is 0 Å². The van der Waals surface area contributed by atoms with E-state index in [1.54, 1.807) is 0 Å². The van der Waals surface area contributed by atoms with Crippen LogP contribution in [0.1, 0.15) is 46.5 Å². The minimum Gasteiger partial charge on any atom is -0.491 e. The molecule has 2 fully saturated rings. The Kier molecular flexibility index (Phi) is 8.24. The van der Waals surface area contributed by atoms with Gasteiger partial charge in [-0.1, -0.05) is 99.6 Å². The number of esters is 1. The summed E-state index contributed by atoms with van der Waals surface area (Å²) >= 11 is 0. The average molecular weight is 547 g/mol. The molecular weight excluding hydrogens is 507 g/mol. The monoisotopic (exact) mass is 546 g/mol. The maximum Gasteiger partial charge on any atom is 0.306 e. The number of ether oxygens (including phenoxy) is 2. The highest BCUT2D eigenvalue weighted by molar-refractivity contribution is 6.99. The van der Waals surface area contributed by atoms with Crippen molar-refractivity contribution in [3.63, 3.8) is 0 Å². The van der Waals surface area contributed by atoms with E-state index in [0.29, 0.717) is 31.4 Å². The van der Waals surface area contributed by atoms with Gasteiger partial charge in [-0.25, -0.2) is 4.39 Å². The summed E-state index contributed by atoms with van der Waals surface area (Å²) in [5.74, 6) is 0.618. The molecule has 0 N–H and O–H groups in total. The minimum atomic E-state index is -2.80. The van der Waals surface area contributed by atoms with Crippen molar-refractivity contribution in [2.45, 2.75) is 69.9 Å². The van der Waals surface area contributed by atoms with Gasteiger partial charge in [0.1, 0.15) is 24.6 Å². The second kappa shape index (κ2) is 11.6. The fourth-order valence-corrected chi connectivity index (χ4v) is 11.3. The molecule has 6 heteroatoms. The Morgan fingerprint density at radius 1 is 0.923 bits per heavy atom. The number of hydrogen-bond donors (Lipinski definition) is 0. The van der Waals surface area contributed by atoms with Crippen LogP contribution in [-0.4, -0.2) is 39.3 Å². The second-order valence-corrected chi connectivity index (χ2v) is 16.2. The molecule has 5 atom stereocenters. The number of alkyl halides is 1. The molecule has 0 spiro atoms. The highest BCUT2D eigenvalue weighted by Crippen LogP contribution is 2.48. The molecule has 0 radical (unpaired) electrons. The molecule has 1 saturated heterocycles. The zero-order valence-corrected chi connectivity index (χ0v) is 24.1. The van der Waals surface area contributed by atoms with Crippen molar-refractivity contribution in [1.82, 2.24) is 0 Å². The summed E-state index contributed by atoms with van der Waals surface area (Å²) < 4.78 is 34.0. The van der Waals surface area contributed by atoms with Crippen LogP contribution in [0.15, 0.2) is 91.0 Å². The van der Waals surface area contributed by atoms with Crippen LogP contribution in [-0.2, 0) is 14.0 Å². The van der Waals surface area contributed by atoms with Crippen molar-refractivity contribution in [2.75, 3.05) is 6.61 Å². The van der Waals surface area contributed by atoms with Crippen molar-refractivity contribution in [2.24, 2.45) is 11.8 Å². The highest BCUT2D eigenvalue weighted by Gasteiger charge is 2.57. The zero-order chi connectivity index (χ0) is 27.5. The number of benzene rings is 3. The van der Waals surface area contributed by atoms with Crippen LogP contribution < -0.4 is 15.1 Å². The molecule has 3 aromatic rings. The third-order valence-corrected chi connectivity index (χ3v) is 13.4. The first kappa shape index (κ1) is 27.6. The van der Waals surface area contributed by atoms with Gasteiger partial charge in [0.2, 0.25) is 0 Å². The van der Waals surface area contributed by atoms with Crippen LogP contribution in [0.2, 0.25) is 5.04 Å². The van der Waals surface area contributed by atoms with E-state index in [9.17, 15) is 4.79 Å². The number of halogens is 1. The van der Waals surface area contributed by atoms with E-state index in [2.05, 4.69) is 69.3 Å². The normalized spacial score (nSPS) is 23.7. The first-order valence-corrected chi connectivity index (χ1v) is 16.0. The minimum absolute atomic E-state index is 0.0144. The van der Waals surface area contributed by atoms with Crippen LogP contribution in [0.4, 0.5) is 4.39 Å². The first-order valence-electron chi connectivity index (χ1n) is 14.1. The lowest BCUT2D eigenvalue weighted by Crippen LogP contribution is -2.68. The number of para-hydroxylation sites is 1. The standard InChI is InChI=1S/C33H39FO4Si/c1-33(2,3)39(26-15-9-5-10-16-26,27-17-11-6-12-18-27)38-31-22-30-29(21-32(35)37-30)28(31)20-19-24(34)23-36-25-13-7-4-8-14-25/h4-18,24,28-31H,19-23H2,1-3H3/t24-,28-,29-,30+,31-/m1/s1. The smallest absolute Gasteiger partial charge is 0.306 e. The van der Waals surface area contributed by atoms with Gasteiger partial charge < -0.3 is 13.9 Å². The van der Waals surface area contributed by atoms with E-state index >= 15 is 4.39 Å². The van der Waals surface area contributed by atoms with Gasteiger partial charge in [-0.2, -0.15) is 0 Å². The van der Waals surface area contributed by atoms with Gasteiger partial charge in [0, 0.05) is 12.3 Å². The molecule has 1 saturated carbocycles. The fourth-order valence-electron chi connectivity index (χ4n) is 6.57. The summed E-state index contributed by atoms with van der Waals surface area (Å²) in [5.41, 5.74) is 0. The Labute approximate surface area is 232 Å². The Morgan fingerprint density at radius 2 is 1.49 bits per heavy atom. The van der Waals surface area contributed by atoms with Crippen molar-refractivity contribution < 1.29 is 23.1 Å². The molecule has 0 amide bonds. The van der Waals surface area contributed by atoms with Crippen molar-refractivity contribution in [3.05, 3.63) is 91.0 Å². The molecule has 2 aliphatic rings. The van der Waals surface area contributed by atoms with E-state index in [0.717, 1.165) is 0 Å². The SMILES string of the molecule is CC(C)(C)[Si](O[C@@H]1C[C@@H]2OC(=O)C[C@@H]2[C@H]1CC[C@@H](F)COc1ccccc1)(c1ccccc1)c1ccccc1. The van der Waals surface area contributed by atoms with E-state index in [1.165, 1.54) is 10.4 Å². The Hall–Kier alpha value is -2.96. The van der Waals surface area contributed by atoms with Crippen LogP contribution in [0.25, 0.3) is 0 Å². The van der Waals surface area contributed by atoms with Crippen LogP contribution in [0.5, 0.6) is 5.75 Å². The van der Waals surface area contributed by atoms with Gasteiger partial charge in [-0.05, 0) is 46.3 Å². The molecule has 39 heavy (non-hydrogen) atoms. The summed E-state index contributed by atoms with van der Waals surface area (Å²) in [6.07, 6.45) is 0.633. The van der Waals surface area contributed by atoms with E-state index in [-0.39, 0.29) is 41.7 Å². The van der Waals surface area contributed by atoms with Gasteiger partial charge in [0.15, 0.2) is 0 Å². The molecule has 0 aromatic heterocycles. The van der Waals surface area contributed by atoms with Crippen molar-refractivity contribution >= 4 is 24.7 Å². The van der Waals surface area contributed by atoms with Crippen LogP contribution >= 0.6 is 0 Å². The van der Waals surface area contributed by atoms with Crippen LogP contribution in [0, 0.1) is 11.8 Å². The maximum absolute atomic E-state index is 15.1. The second-order valence-electron chi connectivity index (χ2n) is 11.9. The lowest BCUT2D eigenvalue weighted by Gasteiger charge is -2.46. The molecule has 5 rings (SSSR count). The van der Waals surface area contributed by atoms with E-state index in [4.69, 9.17) is 13.9 Å². The largest absolute Gasteiger partial charge is 0.491 e. The maximum atomic E-state index is 15.1. The summed E-state index contributed by atoms with van der Waals surface area (Å²) in [4.78, 5) is 12.2. The number of carbonyl (C=O) groups is 1. The topological polar surface area (TPSA) is 44.8 Å². The Bertz CT molecular complexity index is 1180. The molecule has 1 aliphatic carbocycles. The van der Waals surface area contributed by atoms with Crippen molar-refractivity contribution in [3.8, 4) is 5.75 Å². The van der Waals surface area contributed by atoms with Gasteiger partial charge in [0.05, 0.1) is 12.5 Å². The molecular formula is C33H39FO4Si. The molecule has 0 unspecified atom stereocenters. The molecule has 4 nitrogen and oxygen atoms in total. The van der Waals surface area contributed by atoms with Gasteiger partial charge in [-0.15, -0.1) is 0 Å². The first-order chi connectivity index (χ1) is 18.8. The lowest BCUT2D eigenvalue weighted by atomic mass is 9.87. The molecule has 3 aromatic carbocycles. The van der Waals surface area contributed by atoms with Gasteiger partial charge in [0.25, 0.3) is 8.32 Å². The highest BCUT2D eigenvalue weighted by atomic mass is 28.4. The van der Waals surface area contributed by atoms with Gasteiger partial charge >= 0.3 is 5.97 Å². The zero-order valence-electron chi connectivity index (χ0n) is 23.1. The quantitative estimate of drug-likeness (QED) is 0.228. The third-order valence-electron chi connectivity index (χ3n) is 8.39. The fraction of sp³-hybridized carbons (Fsp3) is 0.424. The predicted octanol–water partition coefficient (Wildman–Crippen LogP) is 6.08. The summed E-state index contributed by atoms with van der Waals surface area (Å²) in [7, 11) is -2.80. The summed E-state index contributed by atoms with van der Waals surface area (Å²) in [6.45, 7) is 6.81. The van der Waals surface area contributed by atoms with Gasteiger partial charge in [-0.3, -0.25) is 4.79 Å². The van der Waals surface area contributed by atoms with Crippen molar-refractivity contribution in [1.29, 1.82) is 0 Å². The number of rotatable bonds is 10. The lowest BCUT2D eigenvalue weighted by molar-refractivity contribution is -0.141. The molecule has 1 aliphatic heterocycles. The number of hydrogen-bond acceptors (Lipinski definition) is 4. The Morgan fingerprint density at radius 3 is 2.05 bits per heavy atom. The summed E-state index contributed by atoms with van der Waals surface area (Å²) in [5, 5.41) is 2.27. The van der Waals surface area contributed by atoms with E-state index < -0.39 is 14.5 Å².